The molecule has 2 nitrogen and oxygen atoms in total. The van der Waals surface area contributed by atoms with E-state index in [4.69, 9.17) is 5.11 Å². The minimum atomic E-state index is -0.659. The maximum atomic E-state index is 10.8. The van der Waals surface area contributed by atoms with Gasteiger partial charge in [0.1, 0.15) is 0 Å². The molecular formula is C23H42O2. The molecule has 0 fully saturated rings. The van der Waals surface area contributed by atoms with Gasteiger partial charge in [0.05, 0.1) is 0 Å². The van der Waals surface area contributed by atoms with Gasteiger partial charge in [-0.2, -0.15) is 0 Å². The van der Waals surface area contributed by atoms with Crippen LogP contribution in [0.1, 0.15) is 105 Å². The summed E-state index contributed by atoms with van der Waals surface area (Å²) in [5.74, 6) is 2.02. The van der Waals surface area contributed by atoms with Gasteiger partial charge in [-0.25, -0.2) is 0 Å². The van der Waals surface area contributed by atoms with E-state index in [1.807, 2.05) is 5.57 Å². The molecule has 0 aliphatic heterocycles. The quantitative estimate of drug-likeness (QED) is 0.377. The fourth-order valence-corrected chi connectivity index (χ4v) is 4.43. The lowest BCUT2D eigenvalue weighted by Gasteiger charge is -2.30. The number of carboxylic acids is 1. The summed E-state index contributed by atoms with van der Waals surface area (Å²) in [6.07, 6.45) is 13.1. The molecule has 2 heteroatoms. The van der Waals surface area contributed by atoms with E-state index in [1.54, 1.807) is 5.57 Å². The Morgan fingerprint density at radius 1 is 1.12 bits per heavy atom. The lowest BCUT2D eigenvalue weighted by Crippen LogP contribution is -2.14. The van der Waals surface area contributed by atoms with E-state index < -0.39 is 5.97 Å². The van der Waals surface area contributed by atoms with Crippen LogP contribution in [0.5, 0.6) is 0 Å². The third-order valence-corrected chi connectivity index (χ3v) is 5.97. The van der Waals surface area contributed by atoms with Gasteiger partial charge in [-0.05, 0) is 68.6 Å². The number of carbonyl (C=O) groups is 1. The van der Waals surface area contributed by atoms with Crippen molar-refractivity contribution in [2.75, 3.05) is 0 Å². The predicted octanol–water partition coefficient (Wildman–Crippen LogP) is 7.24. The molecule has 0 bridgehead atoms. The van der Waals surface area contributed by atoms with Crippen molar-refractivity contribution in [1.82, 2.24) is 0 Å². The first kappa shape index (κ1) is 22.3. The molecule has 0 amide bonds. The Kier molecular flexibility index (Phi) is 10.5. The van der Waals surface area contributed by atoms with Crippen molar-refractivity contribution >= 4 is 5.97 Å². The van der Waals surface area contributed by atoms with Gasteiger partial charge in [-0.3, -0.25) is 4.79 Å². The first-order valence-electron chi connectivity index (χ1n) is 10.8. The molecule has 1 aliphatic rings. The zero-order chi connectivity index (χ0) is 18.8. The van der Waals surface area contributed by atoms with E-state index in [1.165, 1.54) is 57.8 Å². The molecule has 0 aromatic heterocycles. The minimum Gasteiger partial charge on any atom is -0.481 e. The minimum absolute atomic E-state index is 0.310. The summed E-state index contributed by atoms with van der Waals surface area (Å²) in [5, 5.41) is 8.87. The number of carboxylic acid groups (broad SMARTS) is 1. The summed E-state index contributed by atoms with van der Waals surface area (Å²) < 4.78 is 0. The molecule has 0 saturated carbocycles. The Labute approximate surface area is 156 Å². The molecule has 1 N–H and O–H groups in total. The highest BCUT2D eigenvalue weighted by molar-refractivity contribution is 5.66. The van der Waals surface area contributed by atoms with Crippen molar-refractivity contribution in [3.8, 4) is 0 Å². The monoisotopic (exact) mass is 350 g/mol. The number of allylic oxidation sites excluding steroid dienone is 2. The highest BCUT2D eigenvalue weighted by Crippen LogP contribution is 2.38. The first-order chi connectivity index (χ1) is 11.8. The standard InChI is InChI=1S/C23H42O2/c1-6-20-11-8-12-21(22(20)14-13-17(2)3)15-18(4)9-7-10-19(5)16-23(24)25/h17-20H,6-16H2,1-5H3,(H,24,25). The molecule has 3 unspecified atom stereocenters. The summed E-state index contributed by atoms with van der Waals surface area (Å²) in [7, 11) is 0. The molecule has 146 valence electrons. The SMILES string of the molecule is CCC1CCCC(CC(C)CCCC(C)CC(=O)O)=C1CCC(C)C. The summed E-state index contributed by atoms with van der Waals surface area (Å²) in [6, 6.07) is 0. The number of hydrogen-bond acceptors (Lipinski definition) is 1. The van der Waals surface area contributed by atoms with E-state index >= 15 is 0 Å². The Morgan fingerprint density at radius 2 is 1.80 bits per heavy atom. The van der Waals surface area contributed by atoms with Crippen molar-refractivity contribution in [2.45, 2.75) is 105 Å². The zero-order valence-electron chi connectivity index (χ0n) is 17.4. The molecular weight excluding hydrogens is 308 g/mol. The van der Waals surface area contributed by atoms with Crippen LogP contribution in [-0.2, 0) is 4.79 Å². The Bertz CT molecular complexity index is 422. The van der Waals surface area contributed by atoms with Crippen molar-refractivity contribution in [3.63, 3.8) is 0 Å². The summed E-state index contributed by atoms with van der Waals surface area (Å²) in [5.41, 5.74) is 3.60. The van der Waals surface area contributed by atoms with Crippen LogP contribution in [0.2, 0.25) is 0 Å². The maximum Gasteiger partial charge on any atom is 0.303 e. The van der Waals surface area contributed by atoms with Gasteiger partial charge >= 0.3 is 5.97 Å². The lowest BCUT2D eigenvalue weighted by atomic mass is 9.76. The summed E-state index contributed by atoms with van der Waals surface area (Å²) in [4.78, 5) is 10.8. The van der Waals surface area contributed by atoms with E-state index in [0.717, 1.165) is 24.2 Å². The van der Waals surface area contributed by atoms with Crippen LogP contribution in [0, 0.1) is 23.7 Å². The Hall–Kier alpha value is -0.790. The maximum absolute atomic E-state index is 10.8. The number of rotatable bonds is 12. The molecule has 3 atom stereocenters. The number of aliphatic carboxylic acids is 1. The van der Waals surface area contributed by atoms with Crippen LogP contribution in [0.25, 0.3) is 0 Å². The Morgan fingerprint density at radius 3 is 2.40 bits per heavy atom. The van der Waals surface area contributed by atoms with E-state index in [-0.39, 0.29) is 0 Å². The number of hydrogen-bond donors (Lipinski definition) is 1. The second kappa shape index (κ2) is 11.8. The average Bonchev–Trinajstić information content (AvgIpc) is 2.52. The third-order valence-electron chi connectivity index (χ3n) is 5.97. The summed E-state index contributed by atoms with van der Waals surface area (Å²) in [6.45, 7) is 11.5. The molecule has 1 rings (SSSR count). The van der Waals surface area contributed by atoms with Crippen molar-refractivity contribution in [2.24, 2.45) is 23.7 Å². The van der Waals surface area contributed by atoms with Gasteiger partial charge in [0.25, 0.3) is 0 Å². The molecule has 0 spiro atoms. The van der Waals surface area contributed by atoms with Crippen molar-refractivity contribution < 1.29 is 9.90 Å². The van der Waals surface area contributed by atoms with Crippen molar-refractivity contribution in [3.05, 3.63) is 11.1 Å². The van der Waals surface area contributed by atoms with E-state index in [2.05, 4.69) is 34.6 Å². The second-order valence-electron chi connectivity index (χ2n) is 9.00. The van der Waals surface area contributed by atoms with Crippen LogP contribution >= 0.6 is 0 Å². The highest BCUT2D eigenvalue weighted by atomic mass is 16.4. The topological polar surface area (TPSA) is 37.3 Å². The van der Waals surface area contributed by atoms with Crippen molar-refractivity contribution in [1.29, 1.82) is 0 Å². The largest absolute Gasteiger partial charge is 0.481 e. The van der Waals surface area contributed by atoms with Gasteiger partial charge in [-0.15, -0.1) is 0 Å². The average molecular weight is 351 g/mol. The molecule has 0 radical (unpaired) electrons. The fraction of sp³-hybridized carbons (Fsp3) is 0.870. The summed E-state index contributed by atoms with van der Waals surface area (Å²) >= 11 is 0. The van der Waals surface area contributed by atoms with Gasteiger partial charge in [0.2, 0.25) is 0 Å². The molecule has 0 heterocycles. The highest BCUT2D eigenvalue weighted by Gasteiger charge is 2.22. The van der Waals surface area contributed by atoms with Gasteiger partial charge in [0.15, 0.2) is 0 Å². The van der Waals surface area contributed by atoms with Crippen LogP contribution < -0.4 is 0 Å². The first-order valence-corrected chi connectivity index (χ1v) is 10.8. The van der Waals surface area contributed by atoms with Gasteiger partial charge in [0, 0.05) is 6.42 Å². The fourth-order valence-electron chi connectivity index (χ4n) is 4.43. The molecule has 1 aliphatic carbocycles. The van der Waals surface area contributed by atoms with Crippen LogP contribution in [0.3, 0.4) is 0 Å². The van der Waals surface area contributed by atoms with Crippen LogP contribution in [-0.4, -0.2) is 11.1 Å². The zero-order valence-corrected chi connectivity index (χ0v) is 17.4. The van der Waals surface area contributed by atoms with Crippen LogP contribution in [0.15, 0.2) is 11.1 Å². The van der Waals surface area contributed by atoms with Gasteiger partial charge < -0.3 is 5.11 Å². The second-order valence-corrected chi connectivity index (χ2v) is 9.00. The van der Waals surface area contributed by atoms with E-state index in [0.29, 0.717) is 12.3 Å². The molecule has 0 aromatic rings. The smallest absolute Gasteiger partial charge is 0.303 e. The molecule has 0 saturated heterocycles. The van der Waals surface area contributed by atoms with Crippen LogP contribution in [0.4, 0.5) is 0 Å². The Balaban J connectivity index is 2.54. The predicted molar refractivity (Wildman–Crippen MR) is 108 cm³/mol. The third kappa shape index (κ3) is 8.92. The normalized spacial score (nSPS) is 20.8. The lowest BCUT2D eigenvalue weighted by molar-refractivity contribution is -0.138. The van der Waals surface area contributed by atoms with Gasteiger partial charge in [-0.1, -0.05) is 65.0 Å². The molecule has 25 heavy (non-hydrogen) atoms. The van der Waals surface area contributed by atoms with E-state index in [9.17, 15) is 4.79 Å². The molecule has 0 aromatic carbocycles.